The smallest absolute Gasteiger partial charge is 0.233 e. The third-order valence-electron chi connectivity index (χ3n) is 4.37. The van der Waals surface area contributed by atoms with Gasteiger partial charge in [0.2, 0.25) is 16.9 Å². The number of nitrogens with zero attached hydrogens (tertiary/aromatic N) is 5. The maximum atomic E-state index is 12.7. The van der Waals surface area contributed by atoms with Gasteiger partial charge in [-0.3, -0.25) is 4.79 Å². The molecular weight excluding hydrogens is 396 g/mol. The van der Waals surface area contributed by atoms with Crippen LogP contribution in [0.2, 0.25) is 0 Å². The molecule has 1 aromatic carbocycles. The summed E-state index contributed by atoms with van der Waals surface area (Å²) in [6, 6.07) is 11.3. The van der Waals surface area contributed by atoms with Crippen LogP contribution in [0.1, 0.15) is 18.0 Å². The molecule has 10 heteroatoms. The Morgan fingerprint density at radius 1 is 1.32 bits per heavy atom. The topological polar surface area (TPSA) is 103 Å². The fourth-order valence-electron chi connectivity index (χ4n) is 2.63. The SMILES string of the molecule is C[C@H](c1nc2ccccc2s1)N(C)C(=O)CSc1nnc(-c2ccco2)n1N. The lowest BCUT2D eigenvalue weighted by molar-refractivity contribution is -0.128. The average Bonchev–Trinajstić information content (AvgIpc) is 3.44. The minimum atomic E-state index is -0.125. The van der Waals surface area contributed by atoms with Crippen LogP contribution >= 0.6 is 23.1 Å². The number of aromatic nitrogens is 4. The first-order valence-electron chi connectivity index (χ1n) is 8.53. The highest BCUT2D eigenvalue weighted by Crippen LogP contribution is 2.29. The summed E-state index contributed by atoms with van der Waals surface area (Å²) in [6.07, 6.45) is 1.54. The van der Waals surface area contributed by atoms with E-state index in [-0.39, 0.29) is 17.7 Å². The Morgan fingerprint density at radius 3 is 2.89 bits per heavy atom. The van der Waals surface area contributed by atoms with Crippen LogP contribution in [0.25, 0.3) is 21.8 Å². The number of para-hydroxylation sites is 1. The molecule has 3 heterocycles. The lowest BCUT2D eigenvalue weighted by Crippen LogP contribution is -2.31. The number of rotatable bonds is 6. The molecule has 0 fully saturated rings. The van der Waals surface area contributed by atoms with Gasteiger partial charge in [-0.15, -0.1) is 21.5 Å². The van der Waals surface area contributed by atoms with Crippen LogP contribution in [0, 0.1) is 0 Å². The van der Waals surface area contributed by atoms with E-state index in [2.05, 4.69) is 15.2 Å². The fraction of sp³-hybridized carbons (Fsp3) is 0.222. The number of benzene rings is 1. The van der Waals surface area contributed by atoms with Gasteiger partial charge in [-0.25, -0.2) is 9.66 Å². The van der Waals surface area contributed by atoms with Gasteiger partial charge in [-0.2, -0.15) is 0 Å². The van der Waals surface area contributed by atoms with E-state index in [0.717, 1.165) is 15.2 Å². The van der Waals surface area contributed by atoms with Crippen LogP contribution in [0.3, 0.4) is 0 Å². The van der Waals surface area contributed by atoms with E-state index in [1.807, 2.05) is 31.2 Å². The molecule has 0 radical (unpaired) electrons. The van der Waals surface area contributed by atoms with E-state index in [4.69, 9.17) is 10.3 Å². The molecule has 0 aliphatic carbocycles. The molecule has 2 N–H and O–H groups in total. The summed E-state index contributed by atoms with van der Waals surface area (Å²) in [5, 5.41) is 9.42. The molecule has 0 aliphatic rings. The second-order valence-electron chi connectivity index (χ2n) is 6.14. The zero-order valence-corrected chi connectivity index (χ0v) is 16.9. The van der Waals surface area contributed by atoms with Crippen molar-refractivity contribution in [3.05, 3.63) is 47.7 Å². The highest BCUT2D eigenvalue weighted by atomic mass is 32.2. The molecule has 0 saturated heterocycles. The van der Waals surface area contributed by atoms with E-state index in [9.17, 15) is 4.79 Å². The highest BCUT2D eigenvalue weighted by Gasteiger charge is 2.22. The van der Waals surface area contributed by atoms with Crippen molar-refractivity contribution < 1.29 is 9.21 Å². The van der Waals surface area contributed by atoms with Crippen molar-refractivity contribution in [2.45, 2.75) is 18.1 Å². The average molecular weight is 415 g/mol. The molecule has 0 bridgehead atoms. The standard InChI is InChI=1S/C18H18N6O2S2/c1-11(17-20-12-6-3-4-8-14(12)28-17)23(2)15(25)10-27-18-22-21-16(24(18)19)13-7-5-9-26-13/h3-9,11H,10,19H2,1-2H3/t11-/m1/s1. The van der Waals surface area contributed by atoms with Gasteiger partial charge >= 0.3 is 0 Å². The largest absolute Gasteiger partial charge is 0.461 e. The molecule has 8 nitrogen and oxygen atoms in total. The first kappa shape index (κ1) is 18.5. The number of fused-ring (bicyclic) bond motifs is 1. The number of thiazole rings is 1. The molecule has 0 saturated carbocycles. The number of hydrogen-bond donors (Lipinski definition) is 1. The monoisotopic (exact) mass is 414 g/mol. The number of thioether (sulfide) groups is 1. The molecule has 4 aromatic rings. The van der Waals surface area contributed by atoms with Gasteiger partial charge in [0.05, 0.1) is 28.3 Å². The van der Waals surface area contributed by atoms with Crippen molar-refractivity contribution in [3.8, 4) is 11.6 Å². The first-order chi connectivity index (χ1) is 13.5. The molecule has 1 amide bonds. The molecule has 28 heavy (non-hydrogen) atoms. The summed E-state index contributed by atoms with van der Waals surface area (Å²) in [5.74, 6) is 7.12. The van der Waals surface area contributed by atoms with E-state index in [1.54, 1.807) is 41.7 Å². The third-order valence-corrected chi connectivity index (χ3v) is 6.51. The Balaban J connectivity index is 1.42. The normalized spacial score (nSPS) is 12.4. The van der Waals surface area contributed by atoms with Gasteiger partial charge in [-0.1, -0.05) is 23.9 Å². The first-order valence-corrected chi connectivity index (χ1v) is 10.3. The summed E-state index contributed by atoms with van der Waals surface area (Å²) >= 11 is 2.83. The van der Waals surface area contributed by atoms with Crippen LogP contribution in [0.15, 0.2) is 52.2 Å². The molecule has 1 atom stereocenters. The summed E-state index contributed by atoms with van der Waals surface area (Å²) in [6.45, 7) is 1.97. The van der Waals surface area contributed by atoms with Crippen LogP contribution in [0.4, 0.5) is 0 Å². The van der Waals surface area contributed by atoms with Crippen molar-refractivity contribution in [1.29, 1.82) is 0 Å². The van der Waals surface area contributed by atoms with Crippen LogP contribution < -0.4 is 5.84 Å². The molecular formula is C18H18N6O2S2. The number of furan rings is 1. The van der Waals surface area contributed by atoms with Gasteiger partial charge in [0.15, 0.2) is 5.76 Å². The Bertz CT molecular complexity index is 1070. The molecule has 3 aromatic heterocycles. The molecule has 0 unspecified atom stereocenters. The molecule has 0 spiro atoms. The van der Waals surface area contributed by atoms with Crippen LogP contribution in [0.5, 0.6) is 0 Å². The van der Waals surface area contributed by atoms with Gasteiger partial charge in [-0.05, 0) is 31.2 Å². The predicted octanol–water partition coefficient (Wildman–Crippen LogP) is 3.17. The Hall–Kier alpha value is -2.85. The number of nitrogen functional groups attached to an aromatic ring is 1. The number of carbonyl (C=O) groups is 1. The summed E-state index contributed by atoms with van der Waals surface area (Å²) in [7, 11) is 1.78. The summed E-state index contributed by atoms with van der Waals surface area (Å²) < 4.78 is 7.73. The number of carbonyl (C=O) groups excluding carboxylic acids is 1. The Kier molecular flexibility index (Phi) is 5.05. The lowest BCUT2D eigenvalue weighted by atomic mass is 10.3. The number of amides is 1. The minimum absolute atomic E-state index is 0.0423. The van der Waals surface area contributed by atoms with Crippen molar-refractivity contribution in [2.75, 3.05) is 18.6 Å². The summed E-state index contributed by atoms with van der Waals surface area (Å²) in [5.41, 5.74) is 0.950. The second kappa shape index (κ2) is 7.64. The number of nitrogens with two attached hydrogens (primary N) is 1. The fourth-order valence-corrected chi connectivity index (χ4v) is 4.47. The van der Waals surface area contributed by atoms with Gasteiger partial charge in [0, 0.05) is 7.05 Å². The van der Waals surface area contributed by atoms with E-state index in [0.29, 0.717) is 16.7 Å². The van der Waals surface area contributed by atoms with Gasteiger partial charge in [0.25, 0.3) is 0 Å². The van der Waals surface area contributed by atoms with Gasteiger partial charge in [0.1, 0.15) is 5.01 Å². The Morgan fingerprint density at radius 2 is 2.14 bits per heavy atom. The van der Waals surface area contributed by atoms with E-state index < -0.39 is 0 Å². The molecule has 4 rings (SSSR count). The minimum Gasteiger partial charge on any atom is -0.461 e. The highest BCUT2D eigenvalue weighted by molar-refractivity contribution is 7.99. The third kappa shape index (κ3) is 3.48. The van der Waals surface area contributed by atoms with Crippen LogP contribution in [-0.2, 0) is 4.79 Å². The van der Waals surface area contributed by atoms with Gasteiger partial charge < -0.3 is 15.2 Å². The van der Waals surface area contributed by atoms with Crippen molar-refractivity contribution in [3.63, 3.8) is 0 Å². The predicted molar refractivity (Wildman–Crippen MR) is 109 cm³/mol. The second-order valence-corrected chi connectivity index (χ2v) is 8.15. The lowest BCUT2D eigenvalue weighted by Gasteiger charge is -2.23. The molecule has 144 valence electrons. The number of hydrogen-bond acceptors (Lipinski definition) is 8. The zero-order chi connectivity index (χ0) is 19.7. The summed E-state index contributed by atoms with van der Waals surface area (Å²) in [4.78, 5) is 19.0. The maximum absolute atomic E-state index is 12.7. The van der Waals surface area contributed by atoms with E-state index in [1.165, 1.54) is 16.4 Å². The van der Waals surface area contributed by atoms with Crippen molar-refractivity contribution >= 4 is 39.2 Å². The van der Waals surface area contributed by atoms with Crippen LogP contribution in [-0.4, -0.2) is 43.5 Å². The Labute approximate surface area is 169 Å². The molecule has 0 aliphatic heterocycles. The van der Waals surface area contributed by atoms with Crippen molar-refractivity contribution in [2.24, 2.45) is 0 Å². The van der Waals surface area contributed by atoms with Crippen molar-refractivity contribution in [1.82, 2.24) is 24.8 Å². The van der Waals surface area contributed by atoms with E-state index >= 15 is 0 Å². The quantitative estimate of drug-likeness (QED) is 0.382. The maximum Gasteiger partial charge on any atom is 0.233 e. The zero-order valence-electron chi connectivity index (χ0n) is 15.3.